The van der Waals surface area contributed by atoms with Crippen LogP contribution in [-0.2, 0) is 9.59 Å². The van der Waals surface area contributed by atoms with Gasteiger partial charge in [-0.1, -0.05) is 73.7 Å². The molecule has 1 aliphatic heterocycles. The van der Waals surface area contributed by atoms with Gasteiger partial charge in [0.1, 0.15) is 0 Å². The summed E-state index contributed by atoms with van der Waals surface area (Å²) in [6, 6.07) is 14.4. The van der Waals surface area contributed by atoms with Crippen molar-refractivity contribution in [3.63, 3.8) is 0 Å². The van der Waals surface area contributed by atoms with E-state index in [4.69, 9.17) is 0 Å². The second kappa shape index (κ2) is 10.1. The van der Waals surface area contributed by atoms with Gasteiger partial charge in [0.05, 0.1) is 32.2 Å². The molecule has 0 aliphatic carbocycles. The lowest BCUT2D eigenvalue weighted by atomic mass is 9.93. The summed E-state index contributed by atoms with van der Waals surface area (Å²) >= 11 is 0. The summed E-state index contributed by atoms with van der Waals surface area (Å²) < 4.78 is 0. The molecule has 2 aromatic rings. The molecule has 1 amide bonds. The average molecular weight is 435 g/mol. The maximum Gasteiger partial charge on any atom is 0.295 e. The third-order valence-electron chi connectivity index (χ3n) is 6.47. The van der Waals surface area contributed by atoms with Gasteiger partial charge < -0.3 is 14.9 Å². The third-order valence-corrected chi connectivity index (χ3v) is 6.47. The van der Waals surface area contributed by atoms with Crippen LogP contribution in [0.3, 0.4) is 0 Å². The smallest absolute Gasteiger partial charge is 0.295 e. The fourth-order valence-electron chi connectivity index (χ4n) is 4.25. The average Bonchev–Trinajstić information content (AvgIpc) is 3.04. The van der Waals surface area contributed by atoms with Crippen molar-refractivity contribution in [2.75, 3.05) is 26.2 Å². The van der Waals surface area contributed by atoms with Crippen LogP contribution >= 0.6 is 0 Å². The lowest BCUT2D eigenvalue weighted by Gasteiger charge is -2.28. The molecule has 5 heteroatoms. The van der Waals surface area contributed by atoms with Crippen molar-refractivity contribution in [3.05, 3.63) is 76.4 Å². The van der Waals surface area contributed by atoms with Crippen LogP contribution in [0.1, 0.15) is 61.9 Å². The highest BCUT2D eigenvalue weighted by Crippen LogP contribution is 2.38. The Kier molecular flexibility index (Phi) is 7.52. The van der Waals surface area contributed by atoms with Gasteiger partial charge in [0.25, 0.3) is 5.91 Å². The van der Waals surface area contributed by atoms with E-state index in [9.17, 15) is 14.7 Å². The van der Waals surface area contributed by atoms with Gasteiger partial charge in [0.2, 0.25) is 5.78 Å². The zero-order valence-corrected chi connectivity index (χ0v) is 19.8. The van der Waals surface area contributed by atoms with Crippen LogP contribution in [0, 0.1) is 6.92 Å². The molecule has 1 aliphatic rings. The molecule has 32 heavy (non-hydrogen) atoms. The number of quaternary nitrogens is 1. The summed E-state index contributed by atoms with van der Waals surface area (Å²) in [5.41, 5.74) is 3.51. The first-order valence-electron chi connectivity index (χ1n) is 11.5. The van der Waals surface area contributed by atoms with Crippen LogP contribution in [0.5, 0.6) is 0 Å². The molecule has 0 radical (unpaired) electrons. The number of likely N-dealkylation sites (tertiary alicyclic amines) is 1. The number of nitrogens with one attached hydrogen (secondary N) is 1. The molecule has 170 valence electrons. The van der Waals surface area contributed by atoms with Gasteiger partial charge in [-0.25, -0.2) is 0 Å². The van der Waals surface area contributed by atoms with E-state index >= 15 is 0 Å². The minimum Gasteiger partial charge on any atom is -0.872 e. The van der Waals surface area contributed by atoms with Crippen LogP contribution in [0.2, 0.25) is 0 Å². The minimum atomic E-state index is -0.678. The first kappa shape index (κ1) is 23.7. The van der Waals surface area contributed by atoms with E-state index in [0.717, 1.165) is 30.8 Å². The first-order chi connectivity index (χ1) is 15.3. The monoisotopic (exact) mass is 434 g/mol. The fraction of sp³-hybridized carbons (Fsp3) is 0.407. The van der Waals surface area contributed by atoms with Crippen molar-refractivity contribution in [3.8, 4) is 0 Å². The molecule has 0 aromatic heterocycles. The van der Waals surface area contributed by atoms with E-state index in [0.29, 0.717) is 18.0 Å². The van der Waals surface area contributed by atoms with Gasteiger partial charge in [-0.15, -0.1) is 0 Å². The predicted octanol–water partition coefficient (Wildman–Crippen LogP) is 2.27. The Labute approximate surface area is 191 Å². The largest absolute Gasteiger partial charge is 0.872 e. The van der Waals surface area contributed by atoms with Crippen molar-refractivity contribution in [1.82, 2.24) is 4.90 Å². The summed E-state index contributed by atoms with van der Waals surface area (Å²) in [6.07, 6.45) is 0. The number of amides is 1. The second-order valence-corrected chi connectivity index (χ2v) is 8.87. The summed E-state index contributed by atoms with van der Waals surface area (Å²) in [4.78, 5) is 29.1. The number of likely N-dealkylation sites (N-methyl/N-ethyl adjacent to an activating group) is 1. The van der Waals surface area contributed by atoms with Crippen LogP contribution in [-0.4, -0.2) is 42.8 Å². The molecule has 1 N–H and O–H groups in total. The number of nitrogens with zero attached hydrogens (tertiary/aromatic N) is 1. The normalized spacial score (nSPS) is 18.2. The van der Waals surface area contributed by atoms with E-state index in [1.807, 2.05) is 43.3 Å². The Hall–Kier alpha value is -2.92. The standard InChI is InChI=1S/C27H34N2O3/c1-6-28(7-2)16-17-29-24(21-14-12-20(13-15-21)18(3)4)23(26(31)27(29)32)25(30)22-10-8-19(5)9-11-22/h8-15,18,24,30H,6-7,16-17H2,1-5H3. The number of rotatable bonds is 8. The van der Waals surface area contributed by atoms with Gasteiger partial charge in [-0.05, 0) is 43.4 Å². The number of carbonyl (C=O) groups excluding carboxylic acids is 2. The van der Waals surface area contributed by atoms with Crippen molar-refractivity contribution < 1.29 is 19.6 Å². The lowest BCUT2D eigenvalue weighted by molar-refractivity contribution is -0.895. The number of Topliss-reactive ketones (excluding diaryl/α,β-unsaturated/α-hetero) is 1. The Bertz CT molecular complexity index is 987. The highest BCUT2D eigenvalue weighted by atomic mass is 16.3. The topological polar surface area (TPSA) is 64.9 Å². The molecule has 1 fully saturated rings. The summed E-state index contributed by atoms with van der Waals surface area (Å²) in [7, 11) is 0. The molecule has 0 spiro atoms. The molecule has 2 aromatic carbocycles. The Morgan fingerprint density at radius 3 is 2.12 bits per heavy atom. The van der Waals surface area contributed by atoms with Crippen molar-refractivity contribution >= 4 is 17.4 Å². The number of benzene rings is 2. The van der Waals surface area contributed by atoms with Gasteiger partial charge in [-0.2, -0.15) is 0 Å². The summed E-state index contributed by atoms with van der Waals surface area (Å²) in [5.74, 6) is -1.25. The molecule has 1 atom stereocenters. The number of ketones is 1. The van der Waals surface area contributed by atoms with Gasteiger partial charge in [0.15, 0.2) is 0 Å². The van der Waals surface area contributed by atoms with Gasteiger partial charge >= 0.3 is 0 Å². The maximum atomic E-state index is 13.4. The lowest BCUT2D eigenvalue weighted by Crippen LogP contribution is -3.12. The predicted molar refractivity (Wildman–Crippen MR) is 125 cm³/mol. The zero-order chi connectivity index (χ0) is 23.4. The SMILES string of the molecule is CC[NH+](CC)CCN1C(=O)C(=O)C(=C([O-])c2ccc(C)cc2)C1c1ccc(C(C)C)cc1. The Morgan fingerprint density at radius 1 is 1.00 bits per heavy atom. The molecular weight excluding hydrogens is 400 g/mol. The maximum absolute atomic E-state index is 13.4. The number of aryl methyl sites for hydroxylation is 1. The number of hydrogen-bond acceptors (Lipinski definition) is 3. The molecule has 1 saturated heterocycles. The second-order valence-electron chi connectivity index (χ2n) is 8.87. The van der Waals surface area contributed by atoms with Crippen molar-refractivity contribution in [2.45, 2.75) is 46.6 Å². The minimum absolute atomic E-state index is 0.0608. The van der Waals surface area contributed by atoms with E-state index in [-0.39, 0.29) is 11.3 Å². The summed E-state index contributed by atoms with van der Waals surface area (Å²) in [6.45, 7) is 13.5. The molecule has 0 saturated carbocycles. The van der Waals surface area contributed by atoms with Crippen molar-refractivity contribution in [2.24, 2.45) is 0 Å². The highest BCUT2D eigenvalue weighted by Gasteiger charge is 2.44. The van der Waals surface area contributed by atoms with Crippen molar-refractivity contribution in [1.29, 1.82) is 0 Å². The highest BCUT2D eigenvalue weighted by molar-refractivity contribution is 6.46. The Balaban J connectivity index is 2.09. The number of hydrogen-bond donors (Lipinski definition) is 1. The molecular formula is C27H34N2O3. The molecule has 3 rings (SSSR count). The van der Waals surface area contributed by atoms with Crippen LogP contribution < -0.4 is 10.0 Å². The summed E-state index contributed by atoms with van der Waals surface area (Å²) in [5, 5.41) is 13.4. The fourth-order valence-corrected chi connectivity index (χ4v) is 4.25. The zero-order valence-electron chi connectivity index (χ0n) is 19.8. The quantitative estimate of drug-likeness (QED) is 0.394. The van der Waals surface area contributed by atoms with E-state index in [2.05, 4.69) is 27.7 Å². The third kappa shape index (κ3) is 4.78. The molecule has 0 bridgehead atoms. The van der Waals surface area contributed by atoms with Gasteiger partial charge in [-0.3, -0.25) is 9.59 Å². The first-order valence-corrected chi connectivity index (χ1v) is 11.5. The van der Waals surface area contributed by atoms with Crippen LogP contribution in [0.15, 0.2) is 54.1 Å². The molecule has 1 heterocycles. The van der Waals surface area contributed by atoms with E-state index < -0.39 is 17.7 Å². The Morgan fingerprint density at radius 2 is 1.59 bits per heavy atom. The van der Waals surface area contributed by atoms with E-state index in [1.54, 1.807) is 17.0 Å². The van der Waals surface area contributed by atoms with Crippen LogP contribution in [0.4, 0.5) is 0 Å². The molecule has 1 unspecified atom stereocenters. The van der Waals surface area contributed by atoms with E-state index in [1.165, 1.54) is 10.5 Å². The van der Waals surface area contributed by atoms with Gasteiger partial charge in [0, 0.05) is 5.57 Å². The van der Waals surface area contributed by atoms with Crippen LogP contribution in [0.25, 0.3) is 5.76 Å². The number of carbonyl (C=O) groups is 2. The molecule has 5 nitrogen and oxygen atoms in total.